The maximum atomic E-state index is 9.89. The molecule has 2 N–H and O–H groups in total. The molecule has 0 aromatic heterocycles. The van der Waals surface area contributed by atoms with Crippen LogP contribution in [0.1, 0.15) is 22.7 Å². The molecular formula is C12H15NO. The van der Waals surface area contributed by atoms with Gasteiger partial charge in [0.25, 0.3) is 0 Å². The van der Waals surface area contributed by atoms with Gasteiger partial charge in [0, 0.05) is 12.1 Å². The molecule has 2 nitrogen and oxygen atoms in total. The fourth-order valence-corrected chi connectivity index (χ4v) is 2.00. The van der Waals surface area contributed by atoms with Crippen LogP contribution in [0.2, 0.25) is 0 Å². The first-order valence-corrected chi connectivity index (χ1v) is 4.91. The van der Waals surface area contributed by atoms with Gasteiger partial charge in [0.15, 0.2) is 0 Å². The maximum absolute atomic E-state index is 9.89. The van der Waals surface area contributed by atoms with Crippen molar-refractivity contribution >= 4 is 0 Å². The summed E-state index contributed by atoms with van der Waals surface area (Å²) in [5, 5.41) is 13.2. The van der Waals surface area contributed by atoms with Gasteiger partial charge in [-0.2, -0.15) is 0 Å². The van der Waals surface area contributed by atoms with E-state index in [9.17, 15) is 5.11 Å². The van der Waals surface area contributed by atoms with E-state index in [-0.39, 0.29) is 6.04 Å². The predicted molar refractivity (Wildman–Crippen MR) is 57.5 cm³/mol. The van der Waals surface area contributed by atoms with Crippen molar-refractivity contribution in [2.45, 2.75) is 19.4 Å². The molecule has 1 aromatic carbocycles. The lowest BCUT2D eigenvalue weighted by molar-refractivity contribution is 0.453. The van der Waals surface area contributed by atoms with Crippen molar-refractivity contribution in [1.29, 1.82) is 0 Å². The molecule has 1 aliphatic heterocycles. The Kier molecular flexibility index (Phi) is 2.30. The van der Waals surface area contributed by atoms with Crippen molar-refractivity contribution in [3.63, 3.8) is 0 Å². The van der Waals surface area contributed by atoms with E-state index in [1.54, 1.807) is 0 Å². The molecule has 0 amide bonds. The minimum atomic E-state index is 0.185. The Bertz CT molecular complexity index is 371. The van der Waals surface area contributed by atoms with Gasteiger partial charge in [0.2, 0.25) is 0 Å². The quantitative estimate of drug-likeness (QED) is 0.663. The van der Waals surface area contributed by atoms with Gasteiger partial charge in [-0.3, -0.25) is 0 Å². The predicted octanol–water partition coefficient (Wildman–Crippen LogP) is 2.07. The molecule has 74 valence electrons. The van der Waals surface area contributed by atoms with Crippen LogP contribution in [0.4, 0.5) is 0 Å². The fraction of sp³-hybridized carbons (Fsp3) is 0.333. The number of fused-ring (bicyclic) bond motifs is 1. The zero-order valence-corrected chi connectivity index (χ0v) is 8.38. The lowest BCUT2D eigenvalue weighted by Crippen LogP contribution is -2.28. The van der Waals surface area contributed by atoms with Crippen LogP contribution in [0.15, 0.2) is 24.8 Å². The molecule has 1 aliphatic rings. The van der Waals surface area contributed by atoms with Crippen molar-refractivity contribution in [2.75, 3.05) is 6.54 Å². The first kappa shape index (κ1) is 9.28. The Morgan fingerprint density at radius 1 is 1.57 bits per heavy atom. The van der Waals surface area contributed by atoms with Gasteiger partial charge in [0.1, 0.15) is 5.75 Å². The topological polar surface area (TPSA) is 32.3 Å². The second-order valence-corrected chi connectivity index (χ2v) is 3.72. The molecule has 0 saturated heterocycles. The minimum Gasteiger partial charge on any atom is -0.507 e. The third kappa shape index (κ3) is 1.32. The van der Waals surface area contributed by atoms with Crippen LogP contribution in [0.5, 0.6) is 5.75 Å². The third-order valence-electron chi connectivity index (χ3n) is 2.83. The van der Waals surface area contributed by atoms with Crippen molar-refractivity contribution in [1.82, 2.24) is 5.32 Å². The summed E-state index contributed by atoms with van der Waals surface area (Å²) in [6.45, 7) is 6.63. The SMILES string of the molecule is C=CC1NCCc2c1ccc(C)c2O. The highest BCUT2D eigenvalue weighted by atomic mass is 16.3. The van der Waals surface area contributed by atoms with Gasteiger partial charge in [-0.05, 0) is 24.5 Å². The molecular weight excluding hydrogens is 174 g/mol. The third-order valence-corrected chi connectivity index (χ3v) is 2.83. The molecule has 1 unspecified atom stereocenters. The van der Waals surface area contributed by atoms with Crippen LogP contribution in [-0.4, -0.2) is 11.7 Å². The number of nitrogens with one attached hydrogen (secondary N) is 1. The van der Waals surface area contributed by atoms with Crippen LogP contribution in [0.3, 0.4) is 0 Å². The van der Waals surface area contributed by atoms with E-state index in [0.29, 0.717) is 5.75 Å². The normalized spacial score (nSPS) is 20.2. The van der Waals surface area contributed by atoms with Crippen LogP contribution in [0.25, 0.3) is 0 Å². The lowest BCUT2D eigenvalue weighted by Gasteiger charge is -2.25. The number of rotatable bonds is 1. The lowest BCUT2D eigenvalue weighted by atomic mass is 9.92. The van der Waals surface area contributed by atoms with E-state index >= 15 is 0 Å². The standard InChI is InChI=1S/C12H15NO/c1-3-11-9-5-4-8(2)12(14)10(9)6-7-13-11/h3-5,11,13-14H,1,6-7H2,2H3. The molecule has 0 aliphatic carbocycles. The minimum absolute atomic E-state index is 0.185. The summed E-state index contributed by atoms with van der Waals surface area (Å²) in [6, 6.07) is 4.21. The number of phenols is 1. The summed E-state index contributed by atoms with van der Waals surface area (Å²) in [4.78, 5) is 0. The molecule has 1 aromatic rings. The average molecular weight is 189 g/mol. The van der Waals surface area contributed by atoms with Gasteiger partial charge in [-0.15, -0.1) is 6.58 Å². The second-order valence-electron chi connectivity index (χ2n) is 3.72. The summed E-state index contributed by atoms with van der Waals surface area (Å²) in [5.41, 5.74) is 3.19. The molecule has 2 rings (SSSR count). The van der Waals surface area contributed by atoms with Crippen LogP contribution < -0.4 is 5.32 Å². The van der Waals surface area contributed by atoms with Crippen molar-refractivity contribution in [2.24, 2.45) is 0 Å². The van der Waals surface area contributed by atoms with Crippen LogP contribution in [0, 0.1) is 6.92 Å². The van der Waals surface area contributed by atoms with E-state index in [4.69, 9.17) is 0 Å². The summed E-state index contributed by atoms with van der Waals surface area (Å²) >= 11 is 0. The molecule has 1 heterocycles. The zero-order chi connectivity index (χ0) is 10.1. The number of hydrogen-bond donors (Lipinski definition) is 2. The smallest absolute Gasteiger partial charge is 0.122 e. The van der Waals surface area contributed by atoms with Gasteiger partial charge in [-0.25, -0.2) is 0 Å². The van der Waals surface area contributed by atoms with Gasteiger partial charge in [0.05, 0.1) is 6.04 Å². The Labute approximate surface area is 84.3 Å². The molecule has 0 fully saturated rings. The summed E-state index contributed by atoms with van der Waals surface area (Å²) in [7, 11) is 0. The number of aryl methyl sites for hydroxylation is 1. The highest BCUT2D eigenvalue weighted by Gasteiger charge is 2.20. The fourth-order valence-electron chi connectivity index (χ4n) is 2.00. The molecule has 0 radical (unpaired) electrons. The zero-order valence-electron chi connectivity index (χ0n) is 8.38. The number of benzene rings is 1. The summed E-state index contributed by atoms with van der Waals surface area (Å²) in [5.74, 6) is 0.454. The van der Waals surface area contributed by atoms with Crippen LogP contribution >= 0.6 is 0 Å². The van der Waals surface area contributed by atoms with Crippen molar-refractivity contribution in [3.8, 4) is 5.75 Å². The molecule has 1 atom stereocenters. The summed E-state index contributed by atoms with van der Waals surface area (Å²) in [6.07, 6.45) is 2.78. The first-order valence-electron chi connectivity index (χ1n) is 4.91. The van der Waals surface area contributed by atoms with Gasteiger partial charge < -0.3 is 10.4 Å². The van der Waals surface area contributed by atoms with Crippen molar-refractivity contribution in [3.05, 3.63) is 41.5 Å². The van der Waals surface area contributed by atoms with E-state index in [1.807, 2.05) is 19.1 Å². The number of hydrogen-bond acceptors (Lipinski definition) is 2. The Morgan fingerprint density at radius 3 is 3.07 bits per heavy atom. The molecule has 0 bridgehead atoms. The van der Waals surface area contributed by atoms with Gasteiger partial charge in [-0.1, -0.05) is 18.2 Å². The molecule has 0 spiro atoms. The number of phenolic OH excluding ortho intramolecular Hbond substituents is 1. The molecule has 0 saturated carbocycles. The Morgan fingerprint density at radius 2 is 2.36 bits per heavy atom. The molecule has 2 heteroatoms. The Hall–Kier alpha value is -1.28. The monoisotopic (exact) mass is 189 g/mol. The van der Waals surface area contributed by atoms with E-state index in [1.165, 1.54) is 0 Å². The van der Waals surface area contributed by atoms with E-state index < -0.39 is 0 Å². The second kappa shape index (κ2) is 3.46. The maximum Gasteiger partial charge on any atom is 0.122 e. The van der Waals surface area contributed by atoms with E-state index in [2.05, 4.69) is 18.0 Å². The Balaban J connectivity index is 2.55. The molecule has 14 heavy (non-hydrogen) atoms. The highest BCUT2D eigenvalue weighted by molar-refractivity contribution is 5.48. The highest BCUT2D eigenvalue weighted by Crippen LogP contribution is 2.32. The first-order chi connectivity index (χ1) is 6.74. The van der Waals surface area contributed by atoms with Crippen molar-refractivity contribution < 1.29 is 5.11 Å². The number of aromatic hydroxyl groups is 1. The van der Waals surface area contributed by atoms with E-state index in [0.717, 1.165) is 29.7 Å². The van der Waals surface area contributed by atoms with Gasteiger partial charge >= 0.3 is 0 Å². The summed E-state index contributed by atoms with van der Waals surface area (Å²) < 4.78 is 0. The largest absolute Gasteiger partial charge is 0.507 e. The van der Waals surface area contributed by atoms with Crippen LogP contribution in [-0.2, 0) is 6.42 Å². The average Bonchev–Trinajstić information content (AvgIpc) is 2.23.